The van der Waals surface area contributed by atoms with Gasteiger partial charge in [-0.1, -0.05) is 31.5 Å². The first-order valence-electron chi connectivity index (χ1n) is 7.50. The molecule has 1 aromatic carbocycles. The van der Waals surface area contributed by atoms with E-state index in [0.29, 0.717) is 13.2 Å². The first kappa shape index (κ1) is 17.9. The topological polar surface area (TPSA) is 44.5 Å². The van der Waals surface area contributed by atoms with Crippen LogP contribution < -0.4 is 15.2 Å². The maximum Gasteiger partial charge on any atom is 0.126 e. The van der Waals surface area contributed by atoms with Crippen molar-refractivity contribution in [2.75, 3.05) is 13.2 Å². The van der Waals surface area contributed by atoms with Crippen LogP contribution >= 0.6 is 11.6 Å². The molecule has 0 spiro atoms. The summed E-state index contributed by atoms with van der Waals surface area (Å²) in [5.41, 5.74) is 9.67. The summed E-state index contributed by atoms with van der Waals surface area (Å²) in [6, 6.07) is 6.09. The molecule has 4 heteroatoms. The number of benzene rings is 1. The molecule has 0 heterocycles. The molecule has 0 fully saturated rings. The van der Waals surface area contributed by atoms with Crippen LogP contribution in [-0.4, -0.2) is 19.3 Å². The van der Waals surface area contributed by atoms with Crippen LogP contribution in [0.2, 0.25) is 0 Å². The lowest BCUT2D eigenvalue weighted by atomic mass is 10.0. The zero-order valence-electron chi connectivity index (χ0n) is 13.2. The molecule has 0 bridgehead atoms. The van der Waals surface area contributed by atoms with Gasteiger partial charge in [0.05, 0.1) is 6.61 Å². The largest absolute Gasteiger partial charge is 0.493 e. The van der Waals surface area contributed by atoms with Gasteiger partial charge in [0.2, 0.25) is 0 Å². The van der Waals surface area contributed by atoms with Gasteiger partial charge in [0.1, 0.15) is 18.1 Å². The SMILES string of the molecule is CCCOc1ccc(CC(N)CC)c(OC/C(C)=C/Cl)c1. The van der Waals surface area contributed by atoms with E-state index in [1.54, 1.807) is 0 Å². The van der Waals surface area contributed by atoms with Crippen LogP contribution in [0.1, 0.15) is 39.2 Å². The fourth-order valence-corrected chi connectivity index (χ4v) is 1.86. The molecule has 0 saturated heterocycles. The van der Waals surface area contributed by atoms with E-state index >= 15 is 0 Å². The number of hydrogen-bond acceptors (Lipinski definition) is 3. The highest BCUT2D eigenvalue weighted by atomic mass is 35.5. The van der Waals surface area contributed by atoms with E-state index < -0.39 is 0 Å². The van der Waals surface area contributed by atoms with Crippen LogP contribution in [0.25, 0.3) is 0 Å². The van der Waals surface area contributed by atoms with Gasteiger partial charge in [-0.05, 0) is 43.4 Å². The Labute approximate surface area is 133 Å². The van der Waals surface area contributed by atoms with Crippen molar-refractivity contribution in [3.05, 3.63) is 34.9 Å². The van der Waals surface area contributed by atoms with Gasteiger partial charge in [0.25, 0.3) is 0 Å². The molecule has 1 aromatic rings. The van der Waals surface area contributed by atoms with E-state index in [2.05, 4.69) is 13.8 Å². The molecule has 21 heavy (non-hydrogen) atoms. The third kappa shape index (κ3) is 6.40. The van der Waals surface area contributed by atoms with Crippen molar-refractivity contribution >= 4 is 11.6 Å². The standard InChI is InChI=1S/C17H26ClNO2/c1-4-8-20-16-7-6-14(9-15(19)5-2)17(10-16)21-12-13(3)11-18/h6-7,10-11,15H,4-5,8-9,12,19H2,1-3H3/b13-11+. The van der Waals surface area contributed by atoms with Crippen molar-refractivity contribution in [1.29, 1.82) is 0 Å². The average molecular weight is 312 g/mol. The zero-order chi connectivity index (χ0) is 15.7. The molecule has 0 amide bonds. The van der Waals surface area contributed by atoms with Crippen molar-refractivity contribution in [2.24, 2.45) is 5.73 Å². The van der Waals surface area contributed by atoms with Gasteiger partial charge in [-0.3, -0.25) is 0 Å². The second-order valence-electron chi connectivity index (χ2n) is 5.23. The van der Waals surface area contributed by atoms with Gasteiger partial charge in [-0.2, -0.15) is 0 Å². The molecule has 1 atom stereocenters. The Morgan fingerprint density at radius 3 is 2.71 bits per heavy atom. The average Bonchev–Trinajstić information content (AvgIpc) is 2.51. The second-order valence-corrected chi connectivity index (χ2v) is 5.45. The first-order chi connectivity index (χ1) is 10.1. The highest BCUT2D eigenvalue weighted by Gasteiger charge is 2.10. The van der Waals surface area contributed by atoms with Crippen LogP contribution in [0.4, 0.5) is 0 Å². The van der Waals surface area contributed by atoms with E-state index in [4.69, 9.17) is 26.8 Å². The van der Waals surface area contributed by atoms with E-state index in [9.17, 15) is 0 Å². The quantitative estimate of drug-likeness (QED) is 0.740. The lowest BCUT2D eigenvalue weighted by molar-refractivity contribution is 0.309. The Kier molecular flexibility index (Phi) is 8.24. The Hall–Kier alpha value is -1.19. The summed E-state index contributed by atoms with van der Waals surface area (Å²) in [6.07, 6.45) is 2.71. The molecule has 0 saturated carbocycles. The van der Waals surface area contributed by atoms with Crippen LogP contribution in [0.15, 0.2) is 29.3 Å². The van der Waals surface area contributed by atoms with Crippen LogP contribution in [0, 0.1) is 0 Å². The summed E-state index contributed by atoms with van der Waals surface area (Å²) in [5.74, 6) is 1.65. The number of halogens is 1. The lowest BCUT2D eigenvalue weighted by Gasteiger charge is -2.16. The van der Waals surface area contributed by atoms with Crippen LogP contribution in [0.5, 0.6) is 11.5 Å². The highest BCUT2D eigenvalue weighted by molar-refractivity contribution is 6.25. The molecule has 0 radical (unpaired) electrons. The predicted octanol–water partition coefficient (Wildman–Crippen LogP) is 4.28. The predicted molar refractivity (Wildman–Crippen MR) is 89.3 cm³/mol. The van der Waals surface area contributed by atoms with E-state index in [0.717, 1.165) is 41.9 Å². The Morgan fingerprint density at radius 2 is 2.10 bits per heavy atom. The molecule has 0 aliphatic rings. The third-order valence-corrected chi connectivity index (χ3v) is 3.53. The molecule has 1 rings (SSSR count). The van der Waals surface area contributed by atoms with Gasteiger partial charge in [0.15, 0.2) is 0 Å². The number of ether oxygens (including phenoxy) is 2. The number of hydrogen-bond donors (Lipinski definition) is 1. The fraction of sp³-hybridized carbons (Fsp3) is 0.529. The van der Waals surface area contributed by atoms with Crippen LogP contribution in [-0.2, 0) is 6.42 Å². The van der Waals surface area contributed by atoms with Gasteiger partial charge < -0.3 is 15.2 Å². The molecule has 118 valence electrons. The first-order valence-corrected chi connectivity index (χ1v) is 7.94. The summed E-state index contributed by atoms with van der Waals surface area (Å²) in [7, 11) is 0. The maximum atomic E-state index is 6.05. The number of rotatable bonds is 9. The zero-order valence-corrected chi connectivity index (χ0v) is 14.0. The monoisotopic (exact) mass is 311 g/mol. The Balaban J connectivity index is 2.88. The lowest BCUT2D eigenvalue weighted by Crippen LogP contribution is -2.21. The van der Waals surface area contributed by atoms with Crippen molar-refractivity contribution in [3.8, 4) is 11.5 Å². The van der Waals surface area contributed by atoms with Gasteiger partial charge in [-0.25, -0.2) is 0 Å². The summed E-state index contributed by atoms with van der Waals surface area (Å²) < 4.78 is 11.5. The van der Waals surface area contributed by atoms with Crippen molar-refractivity contribution < 1.29 is 9.47 Å². The minimum absolute atomic E-state index is 0.138. The van der Waals surface area contributed by atoms with Gasteiger partial charge >= 0.3 is 0 Å². The molecular weight excluding hydrogens is 286 g/mol. The Morgan fingerprint density at radius 1 is 1.33 bits per heavy atom. The van der Waals surface area contributed by atoms with E-state index in [1.807, 2.05) is 25.1 Å². The van der Waals surface area contributed by atoms with E-state index in [1.165, 1.54) is 5.54 Å². The van der Waals surface area contributed by atoms with E-state index in [-0.39, 0.29) is 6.04 Å². The smallest absolute Gasteiger partial charge is 0.126 e. The molecule has 2 N–H and O–H groups in total. The third-order valence-electron chi connectivity index (χ3n) is 3.16. The molecular formula is C17H26ClNO2. The normalized spacial score (nSPS) is 13.1. The number of nitrogens with two attached hydrogens (primary N) is 1. The minimum Gasteiger partial charge on any atom is -0.493 e. The highest BCUT2D eigenvalue weighted by Crippen LogP contribution is 2.27. The summed E-state index contributed by atoms with van der Waals surface area (Å²) in [4.78, 5) is 0. The minimum atomic E-state index is 0.138. The Bertz CT molecular complexity index is 460. The van der Waals surface area contributed by atoms with Crippen molar-refractivity contribution in [1.82, 2.24) is 0 Å². The van der Waals surface area contributed by atoms with Crippen LogP contribution in [0.3, 0.4) is 0 Å². The fourth-order valence-electron chi connectivity index (χ4n) is 1.80. The van der Waals surface area contributed by atoms with Crippen molar-refractivity contribution in [2.45, 2.75) is 46.1 Å². The summed E-state index contributed by atoms with van der Waals surface area (Å²) >= 11 is 5.68. The summed E-state index contributed by atoms with van der Waals surface area (Å²) in [5, 5.41) is 0. The van der Waals surface area contributed by atoms with Crippen molar-refractivity contribution in [3.63, 3.8) is 0 Å². The second kappa shape index (κ2) is 9.69. The molecule has 0 aliphatic carbocycles. The molecule has 0 aliphatic heterocycles. The molecule has 1 unspecified atom stereocenters. The summed E-state index contributed by atoms with van der Waals surface area (Å²) in [6.45, 7) is 7.27. The molecule has 3 nitrogen and oxygen atoms in total. The maximum absolute atomic E-state index is 6.05. The van der Waals surface area contributed by atoms with Gasteiger partial charge in [-0.15, -0.1) is 0 Å². The van der Waals surface area contributed by atoms with Gasteiger partial charge in [0, 0.05) is 17.6 Å². The molecule has 0 aromatic heterocycles.